The Morgan fingerprint density at radius 1 is 1.38 bits per heavy atom. The van der Waals surface area contributed by atoms with Crippen LogP contribution in [0.5, 0.6) is 0 Å². The normalized spacial score (nSPS) is 13.4. The van der Waals surface area contributed by atoms with Gasteiger partial charge in [0, 0.05) is 22.0 Å². The molecule has 0 amide bonds. The molecule has 0 aliphatic rings. The molecule has 0 fully saturated rings. The molecule has 1 heterocycles. The van der Waals surface area contributed by atoms with Gasteiger partial charge < -0.3 is 5.32 Å². The van der Waals surface area contributed by atoms with Crippen molar-refractivity contribution in [3.05, 3.63) is 45.2 Å². The number of hydrogen-bond donors (Lipinski definition) is 1. The first-order chi connectivity index (χ1) is 9.84. The molecular weight excluding hydrogens is 309 g/mol. The topological polar surface area (TPSA) is 37.8 Å². The van der Waals surface area contributed by atoms with Crippen molar-refractivity contribution in [3.8, 4) is 0 Å². The monoisotopic (exact) mass is 327 g/mol. The number of halogens is 2. The number of nitrogens with one attached hydrogen (secondary N) is 1. The van der Waals surface area contributed by atoms with Crippen molar-refractivity contribution in [2.24, 2.45) is 0 Å². The van der Waals surface area contributed by atoms with E-state index in [4.69, 9.17) is 11.6 Å². The summed E-state index contributed by atoms with van der Waals surface area (Å²) in [7, 11) is 1.85. The first-order valence-electron chi connectivity index (χ1n) is 6.77. The van der Waals surface area contributed by atoms with Crippen molar-refractivity contribution < 1.29 is 4.39 Å². The lowest BCUT2D eigenvalue weighted by Crippen LogP contribution is -2.23. The van der Waals surface area contributed by atoms with E-state index in [2.05, 4.69) is 35.7 Å². The molecule has 1 unspecified atom stereocenters. The smallest absolute Gasteiger partial charge is 0.127 e. The third-order valence-electron chi connectivity index (χ3n) is 3.36. The Hall–Kier alpha value is -1.04. The highest BCUT2D eigenvalue weighted by Crippen LogP contribution is 2.33. The summed E-state index contributed by atoms with van der Waals surface area (Å²) in [6, 6.07) is 4.70. The SMILES string of the molecule is CNC(Cc1c(F)cccc1Cl)c1snnc1C(C)(C)C. The molecule has 0 saturated carbocycles. The van der Waals surface area contributed by atoms with Crippen LogP contribution in [0.4, 0.5) is 4.39 Å². The molecular formula is C15H19ClFN3S. The summed E-state index contributed by atoms with van der Waals surface area (Å²) in [4.78, 5) is 1.03. The minimum Gasteiger partial charge on any atom is -0.312 e. The fraction of sp³-hybridized carbons (Fsp3) is 0.467. The molecule has 0 bridgehead atoms. The number of rotatable bonds is 4. The van der Waals surface area contributed by atoms with E-state index < -0.39 is 0 Å². The summed E-state index contributed by atoms with van der Waals surface area (Å²) in [5, 5.41) is 7.92. The van der Waals surface area contributed by atoms with Crippen molar-refractivity contribution in [1.82, 2.24) is 14.9 Å². The van der Waals surface area contributed by atoms with Gasteiger partial charge in [0.15, 0.2) is 0 Å². The quantitative estimate of drug-likeness (QED) is 0.917. The zero-order chi connectivity index (χ0) is 15.6. The fourth-order valence-electron chi connectivity index (χ4n) is 2.20. The zero-order valence-corrected chi connectivity index (χ0v) is 14.1. The maximum absolute atomic E-state index is 14.0. The highest BCUT2D eigenvalue weighted by atomic mass is 35.5. The molecule has 1 atom stereocenters. The van der Waals surface area contributed by atoms with Crippen molar-refractivity contribution in [1.29, 1.82) is 0 Å². The Balaban J connectivity index is 2.36. The summed E-state index contributed by atoms with van der Waals surface area (Å²) in [5.41, 5.74) is 1.36. The van der Waals surface area contributed by atoms with E-state index in [1.54, 1.807) is 12.1 Å². The van der Waals surface area contributed by atoms with Crippen LogP contribution in [0, 0.1) is 5.82 Å². The minimum atomic E-state index is -0.280. The molecule has 1 N–H and O–H groups in total. The molecule has 6 heteroatoms. The maximum Gasteiger partial charge on any atom is 0.127 e. The van der Waals surface area contributed by atoms with Gasteiger partial charge in [-0.3, -0.25) is 0 Å². The van der Waals surface area contributed by atoms with Gasteiger partial charge in [-0.15, -0.1) is 5.10 Å². The van der Waals surface area contributed by atoms with E-state index in [-0.39, 0.29) is 17.3 Å². The van der Waals surface area contributed by atoms with Gasteiger partial charge in [-0.25, -0.2) is 4.39 Å². The predicted molar refractivity (Wildman–Crippen MR) is 85.5 cm³/mol. The largest absolute Gasteiger partial charge is 0.312 e. The standard InChI is InChI=1S/C15H19ClFN3S/c1-15(2,3)14-13(21-20-19-14)12(18-4)8-9-10(16)6-5-7-11(9)17/h5-7,12,18H,8H2,1-4H3. The number of benzene rings is 1. The Morgan fingerprint density at radius 2 is 2.10 bits per heavy atom. The second-order valence-corrected chi connectivity index (χ2v) is 7.17. The average molecular weight is 328 g/mol. The lowest BCUT2D eigenvalue weighted by atomic mass is 9.89. The predicted octanol–water partition coefficient (Wildman–Crippen LogP) is 4.13. The molecule has 0 aliphatic heterocycles. The van der Waals surface area contributed by atoms with Crippen LogP contribution in [0.3, 0.4) is 0 Å². The summed E-state index contributed by atoms with van der Waals surface area (Å²) in [5.74, 6) is -0.280. The van der Waals surface area contributed by atoms with E-state index >= 15 is 0 Å². The molecule has 114 valence electrons. The third-order valence-corrected chi connectivity index (χ3v) is 4.55. The highest BCUT2D eigenvalue weighted by molar-refractivity contribution is 7.05. The van der Waals surface area contributed by atoms with E-state index in [0.717, 1.165) is 10.6 Å². The maximum atomic E-state index is 14.0. The van der Waals surface area contributed by atoms with E-state index in [1.165, 1.54) is 17.6 Å². The summed E-state index contributed by atoms with van der Waals surface area (Å²) >= 11 is 7.48. The summed E-state index contributed by atoms with van der Waals surface area (Å²) in [6.45, 7) is 6.28. The minimum absolute atomic E-state index is 0.0615. The van der Waals surface area contributed by atoms with Crippen molar-refractivity contribution in [3.63, 3.8) is 0 Å². The number of nitrogens with zero attached hydrogens (tertiary/aromatic N) is 2. The van der Waals surface area contributed by atoms with Crippen molar-refractivity contribution >= 4 is 23.1 Å². The van der Waals surface area contributed by atoms with Gasteiger partial charge in [0.2, 0.25) is 0 Å². The highest BCUT2D eigenvalue weighted by Gasteiger charge is 2.27. The van der Waals surface area contributed by atoms with Gasteiger partial charge >= 0.3 is 0 Å². The van der Waals surface area contributed by atoms with Crippen LogP contribution in [0.1, 0.15) is 42.9 Å². The zero-order valence-electron chi connectivity index (χ0n) is 12.6. The van der Waals surface area contributed by atoms with E-state index in [1.807, 2.05) is 7.05 Å². The van der Waals surface area contributed by atoms with Gasteiger partial charge in [0.25, 0.3) is 0 Å². The lowest BCUT2D eigenvalue weighted by molar-refractivity contribution is 0.522. The third kappa shape index (κ3) is 3.59. The molecule has 3 nitrogen and oxygen atoms in total. The number of hydrogen-bond acceptors (Lipinski definition) is 4. The molecule has 2 aromatic rings. The Morgan fingerprint density at radius 3 is 2.67 bits per heavy atom. The van der Waals surface area contributed by atoms with Crippen LogP contribution >= 0.6 is 23.1 Å². The van der Waals surface area contributed by atoms with Gasteiger partial charge in [0.1, 0.15) is 5.82 Å². The lowest BCUT2D eigenvalue weighted by Gasteiger charge is -2.22. The van der Waals surface area contributed by atoms with Gasteiger partial charge in [-0.1, -0.05) is 42.9 Å². The van der Waals surface area contributed by atoms with Crippen LogP contribution in [0.2, 0.25) is 5.02 Å². The second kappa shape index (κ2) is 6.38. The second-order valence-electron chi connectivity index (χ2n) is 5.98. The van der Waals surface area contributed by atoms with Gasteiger partial charge in [-0.05, 0) is 37.1 Å². The molecule has 0 radical (unpaired) electrons. The Kier molecular flexibility index (Phi) is 4.96. The summed E-state index contributed by atoms with van der Waals surface area (Å²) in [6.07, 6.45) is 0.467. The van der Waals surface area contributed by atoms with Crippen molar-refractivity contribution in [2.75, 3.05) is 7.05 Å². The molecule has 1 aromatic heterocycles. The van der Waals surface area contributed by atoms with Crippen molar-refractivity contribution in [2.45, 2.75) is 38.6 Å². The van der Waals surface area contributed by atoms with Crippen LogP contribution in [0.25, 0.3) is 0 Å². The van der Waals surface area contributed by atoms with Crippen LogP contribution in [0.15, 0.2) is 18.2 Å². The van der Waals surface area contributed by atoms with Gasteiger partial charge in [0.05, 0.1) is 10.6 Å². The first-order valence-corrected chi connectivity index (χ1v) is 7.92. The fourth-order valence-corrected chi connectivity index (χ4v) is 3.42. The Labute approximate surface area is 133 Å². The van der Waals surface area contributed by atoms with E-state index in [9.17, 15) is 4.39 Å². The number of aromatic nitrogens is 2. The molecule has 0 aliphatic carbocycles. The molecule has 0 saturated heterocycles. The van der Waals surface area contributed by atoms with Crippen LogP contribution in [-0.4, -0.2) is 16.6 Å². The molecule has 1 aromatic carbocycles. The molecule has 0 spiro atoms. The number of likely N-dealkylation sites (N-methyl/N-ethyl adjacent to an activating group) is 1. The average Bonchev–Trinajstić information content (AvgIpc) is 2.87. The Bertz CT molecular complexity index is 601. The van der Waals surface area contributed by atoms with Crippen LogP contribution in [-0.2, 0) is 11.8 Å². The first kappa shape index (κ1) is 16.3. The molecule has 2 rings (SSSR count). The van der Waals surface area contributed by atoms with Gasteiger partial charge in [-0.2, -0.15) is 0 Å². The van der Waals surface area contributed by atoms with E-state index in [0.29, 0.717) is 17.0 Å². The molecule has 21 heavy (non-hydrogen) atoms. The summed E-state index contributed by atoms with van der Waals surface area (Å²) < 4.78 is 18.1. The van der Waals surface area contributed by atoms with Crippen LogP contribution < -0.4 is 5.32 Å².